The molecule has 1 amide bonds. The summed E-state index contributed by atoms with van der Waals surface area (Å²) in [6.07, 6.45) is 0. The summed E-state index contributed by atoms with van der Waals surface area (Å²) in [7, 11) is -3.81. The monoisotopic (exact) mass is 416 g/mol. The average molecular weight is 417 g/mol. The molecule has 146 valence electrons. The molecule has 7 nitrogen and oxygen atoms in total. The van der Waals surface area contributed by atoms with E-state index in [1.165, 1.54) is 0 Å². The second-order valence-corrected chi connectivity index (χ2v) is 9.22. The van der Waals surface area contributed by atoms with Crippen LogP contribution in [0.25, 0.3) is 0 Å². The van der Waals surface area contributed by atoms with Crippen LogP contribution in [0.3, 0.4) is 0 Å². The van der Waals surface area contributed by atoms with E-state index in [2.05, 4.69) is 20.2 Å². The molecule has 1 aromatic heterocycles. The molecule has 0 bridgehead atoms. The summed E-state index contributed by atoms with van der Waals surface area (Å²) in [6.45, 7) is 3.99. The number of benzene rings is 2. The number of hydrogen-bond acceptors (Lipinski definition) is 6. The number of anilines is 1. The lowest BCUT2D eigenvalue weighted by atomic mass is 10.0. The fourth-order valence-corrected chi connectivity index (χ4v) is 4.62. The number of nitrogens with zero attached hydrogens (tertiary/aromatic N) is 2. The number of sulfonamides is 1. The van der Waals surface area contributed by atoms with Gasteiger partial charge in [0.2, 0.25) is 9.47 Å². The van der Waals surface area contributed by atoms with Gasteiger partial charge in [0.15, 0.2) is 0 Å². The third-order valence-electron chi connectivity index (χ3n) is 4.19. The Morgan fingerprint density at radius 2 is 1.75 bits per heavy atom. The fraction of sp³-hybridized carbons (Fsp3) is 0.211. The van der Waals surface area contributed by atoms with Gasteiger partial charge < -0.3 is 0 Å². The van der Waals surface area contributed by atoms with Gasteiger partial charge in [0.1, 0.15) is 0 Å². The van der Waals surface area contributed by atoms with Crippen LogP contribution in [0.2, 0.25) is 0 Å². The molecule has 3 aromatic rings. The van der Waals surface area contributed by atoms with Crippen molar-refractivity contribution in [2.24, 2.45) is 0 Å². The van der Waals surface area contributed by atoms with Crippen molar-refractivity contribution in [1.29, 1.82) is 0 Å². The minimum Gasteiger partial charge on any atom is -0.296 e. The Bertz CT molecular complexity index is 1070. The van der Waals surface area contributed by atoms with Crippen molar-refractivity contribution in [3.63, 3.8) is 0 Å². The minimum atomic E-state index is -3.81. The largest absolute Gasteiger partial charge is 0.296 e. The molecule has 0 saturated carbocycles. The van der Waals surface area contributed by atoms with Crippen LogP contribution in [0.1, 0.15) is 34.3 Å². The molecule has 1 heterocycles. The zero-order chi connectivity index (χ0) is 20.1. The smallest absolute Gasteiger partial charge is 0.269 e. The SMILES string of the molecule is Cc1ccccc1C(=O)Nc1nnc(S(=O)(=O)NCC(C)c2ccccc2)s1. The highest BCUT2D eigenvalue weighted by atomic mass is 32.2. The number of rotatable bonds is 7. The van der Waals surface area contributed by atoms with Crippen LogP contribution >= 0.6 is 11.3 Å². The maximum atomic E-state index is 12.5. The van der Waals surface area contributed by atoms with Crippen molar-refractivity contribution in [3.05, 3.63) is 71.3 Å². The summed E-state index contributed by atoms with van der Waals surface area (Å²) in [5.74, 6) is -0.354. The standard InChI is InChI=1S/C19H20N4O3S2/c1-13-8-6-7-11-16(13)17(24)21-18-22-23-19(27-18)28(25,26)20-12-14(2)15-9-4-3-5-10-15/h3-11,14,20H,12H2,1-2H3,(H,21,22,24). The van der Waals surface area contributed by atoms with Crippen molar-refractivity contribution < 1.29 is 13.2 Å². The Morgan fingerprint density at radius 3 is 2.46 bits per heavy atom. The first kappa shape index (κ1) is 20.1. The van der Waals surface area contributed by atoms with Gasteiger partial charge in [0.25, 0.3) is 15.9 Å². The molecule has 9 heteroatoms. The molecule has 3 rings (SSSR count). The number of amides is 1. The average Bonchev–Trinajstić information content (AvgIpc) is 3.16. The van der Waals surface area contributed by atoms with Crippen molar-refractivity contribution in [3.8, 4) is 0 Å². The Kier molecular flexibility index (Phi) is 6.18. The van der Waals surface area contributed by atoms with Gasteiger partial charge >= 0.3 is 0 Å². The van der Waals surface area contributed by atoms with Crippen molar-refractivity contribution in [1.82, 2.24) is 14.9 Å². The summed E-state index contributed by atoms with van der Waals surface area (Å²) in [6, 6.07) is 16.7. The molecule has 0 fully saturated rings. The van der Waals surface area contributed by atoms with E-state index in [1.807, 2.05) is 56.3 Å². The molecular formula is C19H20N4O3S2. The van der Waals surface area contributed by atoms with Crippen LogP contribution in [0, 0.1) is 6.92 Å². The number of carbonyl (C=O) groups excluding carboxylic acids is 1. The summed E-state index contributed by atoms with van der Waals surface area (Å²) in [5, 5.41) is 10.2. The van der Waals surface area contributed by atoms with Crippen molar-refractivity contribution in [2.45, 2.75) is 24.1 Å². The first-order valence-electron chi connectivity index (χ1n) is 8.62. The quantitative estimate of drug-likeness (QED) is 0.576. The molecule has 2 aromatic carbocycles. The van der Waals surface area contributed by atoms with E-state index in [4.69, 9.17) is 0 Å². The number of nitrogens with one attached hydrogen (secondary N) is 2. The molecule has 2 N–H and O–H groups in total. The van der Waals surface area contributed by atoms with Crippen molar-refractivity contribution >= 4 is 32.4 Å². The normalized spacial score (nSPS) is 12.5. The molecule has 0 radical (unpaired) electrons. The highest BCUT2D eigenvalue weighted by Gasteiger charge is 2.22. The van der Waals surface area contributed by atoms with Crippen LogP contribution < -0.4 is 10.0 Å². The second-order valence-electron chi connectivity index (χ2n) is 6.31. The van der Waals surface area contributed by atoms with E-state index in [-0.39, 0.29) is 27.8 Å². The number of aryl methyl sites for hydroxylation is 1. The van der Waals surface area contributed by atoms with Gasteiger partial charge in [-0.3, -0.25) is 10.1 Å². The molecular weight excluding hydrogens is 396 g/mol. The fourth-order valence-electron chi connectivity index (χ4n) is 2.56. The second kappa shape index (κ2) is 8.59. The van der Waals surface area contributed by atoms with Crippen LogP contribution in [-0.4, -0.2) is 31.1 Å². The summed E-state index contributed by atoms with van der Waals surface area (Å²) >= 11 is 0.812. The van der Waals surface area contributed by atoms with Gasteiger partial charge in [-0.25, -0.2) is 13.1 Å². The third-order valence-corrected chi connectivity index (χ3v) is 6.82. The van der Waals surface area contributed by atoms with E-state index in [0.717, 1.165) is 22.5 Å². The van der Waals surface area contributed by atoms with Gasteiger partial charge in [-0.1, -0.05) is 66.8 Å². The number of hydrogen-bond donors (Lipinski definition) is 2. The van der Waals surface area contributed by atoms with E-state index >= 15 is 0 Å². The predicted octanol–water partition coefficient (Wildman–Crippen LogP) is 3.18. The predicted molar refractivity (Wildman–Crippen MR) is 109 cm³/mol. The minimum absolute atomic E-state index is 0.00382. The van der Waals surface area contributed by atoms with Gasteiger partial charge in [-0.05, 0) is 30.0 Å². The molecule has 0 saturated heterocycles. The van der Waals surface area contributed by atoms with Crippen LogP contribution in [-0.2, 0) is 10.0 Å². The van der Waals surface area contributed by atoms with E-state index in [0.29, 0.717) is 5.56 Å². The number of aromatic nitrogens is 2. The van der Waals surface area contributed by atoms with E-state index < -0.39 is 10.0 Å². The lowest BCUT2D eigenvalue weighted by Gasteiger charge is -2.12. The van der Waals surface area contributed by atoms with Crippen molar-refractivity contribution in [2.75, 3.05) is 11.9 Å². The van der Waals surface area contributed by atoms with Gasteiger partial charge in [0, 0.05) is 12.1 Å². The first-order valence-corrected chi connectivity index (χ1v) is 10.9. The highest BCUT2D eigenvalue weighted by Crippen LogP contribution is 2.22. The Balaban J connectivity index is 1.65. The summed E-state index contributed by atoms with van der Waals surface area (Å²) in [5.41, 5.74) is 2.35. The lowest BCUT2D eigenvalue weighted by Crippen LogP contribution is -2.27. The van der Waals surface area contributed by atoms with Crippen LogP contribution in [0.5, 0.6) is 0 Å². The van der Waals surface area contributed by atoms with Gasteiger partial charge in [0.05, 0.1) is 0 Å². The zero-order valence-electron chi connectivity index (χ0n) is 15.4. The lowest BCUT2D eigenvalue weighted by molar-refractivity contribution is 0.102. The van der Waals surface area contributed by atoms with Gasteiger partial charge in [-0.2, -0.15) is 0 Å². The Labute approximate surface area is 167 Å². The zero-order valence-corrected chi connectivity index (χ0v) is 17.0. The third kappa shape index (κ3) is 4.80. The molecule has 0 aliphatic heterocycles. The van der Waals surface area contributed by atoms with E-state index in [9.17, 15) is 13.2 Å². The summed E-state index contributed by atoms with van der Waals surface area (Å²) in [4.78, 5) is 12.3. The Hall–Kier alpha value is -2.62. The molecule has 0 spiro atoms. The molecule has 28 heavy (non-hydrogen) atoms. The number of carbonyl (C=O) groups is 1. The van der Waals surface area contributed by atoms with Crippen LogP contribution in [0.4, 0.5) is 5.13 Å². The molecule has 1 unspecified atom stereocenters. The van der Waals surface area contributed by atoms with Gasteiger partial charge in [-0.15, -0.1) is 10.2 Å². The first-order chi connectivity index (χ1) is 13.4. The maximum absolute atomic E-state index is 12.5. The van der Waals surface area contributed by atoms with Crippen LogP contribution in [0.15, 0.2) is 58.9 Å². The molecule has 0 aliphatic carbocycles. The topological polar surface area (TPSA) is 101 Å². The summed E-state index contributed by atoms with van der Waals surface area (Å²) < 4.78 is 27.3. The van der Waals surface area contributed by atoms with E-state index in [1.54, 1.807) is 12.1 Å². The molecule has 0 aliphatic rings. The molecule has 1 atom stereocenters. The highest BCUT2D eigenvalue weighted by molar-refractivity contribution is 7.91. The Morgan fingerprint density at radius 1 is 1.07 bits per heavy atom. The maximum Gasteiger partial charge on any atom is 0.269 e.